The zero-order valence-corrected chi connectivity index (χ0v) is 26.1. The Labute approximate surface area is 267 Å². The van der Waals surface area contributed by atoms with Crippen molar-refractivity contribution in [3.05, 3.63) is 91.0 Å². The van der Waals surface area contributed by atoms with Crippen molar-refractivity contribution in [2.24, 2.45) is 7.05 Å². The molecule has 3 N–H and O–H groups in total. The Morgan fingerprint density at radius 1 is 1.07 bits per heavy atom. The minimum atomic E-state index is -0.836. The van der Waals surface area contributed by atoms with Crippen molar-refractivity contribution >= 4 is 46.4 Å². The summed E-state index contributed by atoms with van der Waals surface area (Å²) in [6.07, 6.45) is 3.40. The molecule has 1 amide bonds. The van der Waals surface area contributed by atoms with Crippen LogP contribution in [0.3, 0.4) is 0 Å². The second-order valence-electron chi connectivity index (χ2n) is 10.4. The first-order chi connectivity index (χ1) is 21.1. The summed E-state index contributed by atoms with van der Waals surface area (Å²) in [5, 5.41) is 20.2. The number of hydrogen-bond acceptors (Lipinski definition) is 7. The van der Waals surface area contributed by atoms with Crippen molar-refractivity contribution in [2.75, 3.05) is 12.4 Å². The molecular weight excluding hydrogens is 632 g/mol. The highest BCUT2D eigenvalue weighted by atomic mass is 35.5. The van der Waals surface area contributed by atoms with E-state index in [0.29, 0.717) is 29.2 Å². The van der Waals surface area contributed by atoms with E-state index in [1.165, 1.54) is 20.2 Å². The van der Waals surface area contributed by atoms with E-state index in [4.69, 9.17) is 39.5 Å². The van der Waals surface area contributed by atoms with Crippen LogP contribution in [0, 0.1) is 5.82 Å². The van der Waals surface area contributed by atoms with Crippen LogP contribution in [0.25, 0.3) is 22.4 Å². The Kier molecular flexibility index (Phi) is 9.87. The third kappa shape index (κ3) is 6.74. The van der Waals surface area contributed by atoms with Gasteiger partial charge in [0.05, 0.1) is 34.6 Å². The first-order valence-electron chi connectivity index (χ1n) is 13.9. The maximum atomic E-state index is 14.9. The number of pyridine rings is 1. The number of rotatable bonds is 8. The van der Waals surface area contributed by atoms with Gasteiger partial charge in [0.2, 0.25) is 5.88 Å². The zero-order valence-electron chi connectivity index (χ0n) is 23.8. The number of aromatic nitrogens is 3. The average molecular weight is 661 g/mol. The molecular formula is C31H29Cl3FN5O4. The number of methoxy groups -OCH3 is 1. The second kappa shape index (κ2) is 13.6. The van der Waals surface area contributed by atoms with Crippen LogP contribution < -0.4 is 20.9 Å². The number of aryl methyl sites for hydroxylation is 1. The summed E-state index contributed by atoms with van der Waals surface area (Å²) < 4.78 is 21.4. The molecule has 1 aliphatic rings. The van der Waals surface area contributed by atoms with Crippen molar-refractivity contribution in [2.45, 2.75) is 44.4 Å². The van der Waals surface area contributed by atoms with Crippen molar-refractivity contribution in [3.8, 4) is 28.3 Å². The molecule has 0 radical (unpaired) electrons. The highest BCUT2D eigenvalue weighted by Gasteiger charge is 2.24. The summed E-state index contributed by atoms with van der Waals surface area (Å²) in [5.41, 5.74) is 1.45. The van der Waals surface area contributed by atoms with Gasteiger partial charge in [0, 0.05) is 41.9 Å². The first-order valence-corrected chi connectivity index (χ1v) is 15.0. The van der Waals surface area contributed by atoms with Crippen molar-refractivity contribution in [1.82, 2.24) is 20.1 Å². The van der Waals surface area contributed by atoms with Gasteiger partial charge in [0.15, 0.2) is 5.15 Å². The van der Waals surface area contributed by atoms with Gasteiger partial charge < -0.3 is 20.5 Å². The van der Waals surface area contributed by atoms with Crippen molar-refractivity contribution in [3.63, 3.8) is 0 Å². The van der Waals surface area contributed by atoms with Crippen molar-refractivity contribution < 1.29 is 19.0 Å². The molecule has 1 unspecified atom stereocenters. The van der Waals surface area contributed by atoms with E-state index < -0.39 is 17.3 Å². The fraction of sp³-hybridized carbons (Fsp3) is 0.290. The van der Waals surface area contributed by atoms with E-state index in [2.05, 4.69) is 20.7 Å². The zero-order chi connectivity index (χ0) is 31.5. The van der Waals surface area contributed by atoms with Crippen molar-refractivity contribution in [1.29, 1.82) is 0 Å². The average Bonchev–Trinajstić information content (AvgIpc) is 3.00. The third-order valence-corrected chi connectivity index (χ3v) is 8.54. The van der Waals surface area contributed by atoms with Crippen LogP contribution in [0.4, 0.5) is 10.1 Å². The van der Waals surface area contributed by atoms with Gasteiger partial charge in [-0.2, -0.15) is 5.10 Å². The molecule has 0 bridgehead atoms. The van der Waals surface area contributed by atoms with Gasteiger partial charge in [-0.15, -0.1) is 0 Å². The Balaban J connectivity index is 1.45. The molecule has 1 saturated carbocycles. The van der Waals surface area contributed by atoms with Crippen LogP contribution in [-0.4, -0.2) is 45.0 Å². The molecule has 2 heterocycles. The Morgan fingerprint density at radius 2 is 1.82 bits per heavy atom. The number of anilines is 1. The van der Waals surface area contributed by atoms with E-state index in [1.54, 1.807) is 24.3 Å². The molecule has 1 aliphatic carbocycles. The van der Waals surface area contributed by atoms with Crippen LogP contribution in [-0.2, 0) is 13.6 Å². The molecule has 2 aromatic carbocycles. The Hall–Kier alpha value is -3.54. The number of aliphatic hydroxyl groups is 1. The molecule has 13 heteroatoms. The molecule has 1 fully saturated rings. The van der Waals surface area contributed by atoms with Gasteiger partial charge in [-0.05, 0) is 37.1 Å². The molecule has 5 rings (SSSR count). The van der Waals surface area contributed by atoms with Crippen LogP contribution in [0.1, 0.15) is 41.6 Å². The predicted octanol–water partition coefficient (Wildman–Crippen LogP) is 6.26. The summed E-state index contributed by atoms with van der Waals surface area (Å²) in [6, 6.07) is 12.2. The SMILES string of the molecule is COc1nc(-c2cccc(-c3cc(F)cc(NC(=O)c4cc(Cl)nn(C)c4=O)c3Cl)c2Cl)ccc1CNC1CCCC[C@@H]1O. The molecule has 0 aliphatic heterocycles. The van der Waals surface area contributed by atoms with E-state index in [1.807, 2.05) is 6.07 Å². The predicted molar refractivity (Wildman–Crippen MR) is 169 cm³/mol. The minimum absolute atomic E-state index is 0.00707. The monoisotopic (exact) mass is 659 g/mol. The first kappa shape index (κ1) is 31.9. The molecule has 0 saturated heterocycles. The lowest BCUT2D eigenvalue weighted by Gasteiger charge is -2.28. The fourth-order valence-corrected chi connectivity index (χ4v) is 6.07. The highest BCUT2D eigenvalue weighted by Crippen LogP contribution is 2.42. The number of nitrogens with zero attached hydrogens (tertiary/aromatic N) is 3. The second-order valence-corrected chi connectivity index (χ2v) is 11.6. The van der Waals surface area contributed by atoms with Gasteiger partial charge in [0.25, 0.3) is 11.5 Å². The number of amides is 1. The maximum absolute atomic E-state index is 14.9. The van der Waals surface area contributed by atoms with Crippen LogP contribution in [0.2, 0.25) is 15.2 Å². The fourth-order valence-electron chi connectivity index (χ4n) is 5.26. The molecule has 230 valence electrons. The number of aliphatic hydroxyl groups excluding tert-OH is 1. The molecule has 44 heavy (non-hydrogen) atoms. The number of halogens is 4. The number of hydrogen-bond donors (Lipinski definition) is 3. The van der Waals surface area contributed by atoms with Gasteiger partial charge in [0.1, 0.15) is 11.4 Å². The number of nitrogens with one attached hydrogen (secondary N) is 2. The smallest absolute Gasteiger partial charge is 0.279 e. The van der Waals surface area contributed by atoms with Crippen LogP contribution in [0.5, 0.6) is 5.88 Å². The van der Waals surface area contributed by atoms with Gasteiger partial charge in [-0.1, -0.05) is 71.9 Å². The summed E-state index contributed by atoms with van der Waals surface area (Å²) in [6.45, 7) is 0.469. The lowest BCUT2D eigenvalue weighted by Crippen LogP contribution is -2.41. The number of benzene rings is 2. The largest absolute Gasteiger partial charge is 0.481 e. The number of carbonyl (C=O) groups excluding carboxylic acids is 1. The van der Waals surface area contributed by atoms with E-state index in [0.717, 1.165) is 48.1 Å². The molecule has 9 nitrogen and oxygen atoms in total. The number of carbonyl (C=O) groups is 1. The standard InChI is InChI=1S/C31H29Cl3FN5O4/c1-40-31(43)21(14-26(32)39-40)29(42)37-24-13-17(35)12-20(28(24)34)18-6-5-7-19(27(18)33)22-11-10-16(30(38-22)44-2)15-36-23-8-3-4-9-25(23)41/h5-7,10-14,23,25,36,41H,3-4,8-9,15H2,1-2H3,(H,37,42)/t23?,25-/m0/s1. The Morgan fingerprint density at radius 3 is 2.57 bits per heavy atom. The maximum Gasteiger partial charge on any atom is 0.279 e. The summed E-state index contributed by atoms with van der Waals surface area (Å²) in [4.78, 5) is 30.0. The minimum Gasteiger partial charge on any atom is -0.481 e. The van der Waals surface area contributed by atoms with Crippen LogP contribution >= 0.6 is 34.8 Å². The summed E-state index contributed by atoms with van der Waals surface area (Å²) >= 11 is 19.5. The Bertz CT molecular complexity index is 1780. The van der Waals surface area contributed by atoms with Gasteiger partial charge in [-0.25, -0.2) is 14.1 Å². The van der Waals surface area contributed by atoms with Gasteiger partial charge in [-0.3, -0.25) is 9.59 Å². The quantitative estimate of drug-likeness (QED) is 0.204. The molecule has 0 spiro atoms. The van der Waals surface area contributed by atoms with E-state index in [9.17, 15) is 19.1 Å². The topological polar surface area (TPSA) is 118 Å². The van der Waals surface area contributed by atoms with E-state index >= 15 is 0 Å². The lowest BCUT2D eigenvalue weighted by molar-refractivity contribution is 0.0901. The number of ether oxygens (including phenoxy) is 1. The molecule has 2 aromatic heterocycles. The lowest BCUT2D eigenvalue weighted by atomic mass is 9.92. The summed E-state index contributed by atoms with van der Waals surface area (Å²) in [5.74, 6) is -1.13. The van der Waals surface area contributed by atoms with Crippen LogP contribution in [0.15, 0.2) is 53.3 Å². The summed E-state index contributed by atoms with van der Waals surface area (Å²) in [7, 11) is 2.88. The molecule has 2 atom stereocenters. The highest BCUT2D eigenvalue weighted by molar-refractivity contribution is 6.39. The van der Waals surface area contributed by atoms with E-state index in [-0.39, 0.29) is 44.2 Å². The normalized spacial score (nSPS) is 16.5. The molecule has 4 aromatic rings. The van der Waals surface area contributed by atoms with Gasteiger partial charge >= 0.3 is 0 Å². The third-order valence-electron chi connectivity index (χ3n) is 7.54.